The zero-order chi connectivity index (χ0) is 5.15. The van der Waals surface area contributed by atoms with Gasteiger partial charge in [0.05, 0.1) is 0 Å². The molecule has 3 heteroatoms. The van der Waals surface area contributed by atoms with Crippen molar-refractivity contribution in [1.29, 1.82) is 5.41 Å². The Hall–Kier alpha value is -0.570. The van der Waals surface area contributed by atoms with Crippen LogP contribution in [0.5, 0.6) is 0 Å². The maximum atomic E-state index is 8.28. The molecule has 4 N–H and O–H groups in total. The monoisotopic (exact) mass is 88.1 g/mol. The van der Waals surface area contributed by atoms with Gasteiger partial charge in [-0.15, -0.1) is 0 Å². The molecule has 6 heavy (non-hydrogen) atoms. The summed E-state index contributed by atoms with van der Waals surface area (Å²) in [5.41, 5.74) is 4.77. The molecule has 0 fully saturated rings. The molecule has 1 atom stereocenters. The lowest BCUT2D eigenvalue weighted by molar-refractivity contribution is 0.260. The quantitative estimate of drug-likeness (QED) is 0.293. The van der Waals surface area contributed by atoms with Crippen molar-refractivity contribution in [2.45, 2.75) is 13.0 Å². The van der Waals surface area contributed by atoms with E-state index in [1.54, 1.807) is 0 Å². The molecule has 36 valence electrons. The van der Waals surface area contributed by atoms with Crippen LogP contribution in [0.25, 0.3) is 0 Å². The molecule has 0 aromatic heterocycles. The van der Waals surface area contributed by atoms with Gasteiger partial charge in [0.2, 0.25) is 0 Å². The molecule has 1 unspecified atom stereocenters. The Morgan fingerprint density at radius 3 is 2.17 bits per heavy atom. The first kappa shape index (κ1) is 5.43. The van der Waals surface area contributed by atoms with Gasteiger partial charge in [-0.05, 0) is 6.92 Å². The molecule has 0 saturated heterocycles. The van der Waals surface area contributed by atoms with Crippen molar-refractivity contribution in [3.05, 3.63) is 0 Å². The fourth-order valence-corrected chi connectivity index (χ4v) is 0. The minimum absolute atomic E-state index is 0.185. The predicted octanol–water partition coefficient (Wildman–Crippen LogP) is -0.697. The normalized spacial score (nSPS) is 13.7. The van der Waals surface area contributed by atoms with Crippen molar-refractivity contribution in [3.63, 3.8) is 0 Å². The van der Waals surface area contributed by atoms with Crippen molar-refractivity contribution in [2.24, 2.45) is 5.73 Å². The van der Waals surface area contributed by atoms with E-state index in [0.29, 0.717) is 0 Å². The Morgan fingerprint density at radius 2 is 2.17 bits per heavy atom. The first-order valence-electron chi connectivity index (χ1n) is 1.66. The lowest BCUT2D eigenvalue weighted by atomic mass is 10.4. The maximum absolute atomic E-state index is 8.28. The van der Waals surface area contributed by atoms with Crippen LogP contribution in [0.3, 0.4) is 0 Å². The minimum Gasteiger partial charge on any atom is -0.386 e. The van der Waals surface area contributed by atoms with E-state index >= 15 is 0 Å². The number of hydrogen-bond acceptors (Lipinski definition) is 2. The first-order valence-corrected chi connectivity index (χ1v) is 1.66. The van der Waals surface area contributed by atoms with Crippen molar-refractivity contribution < 1.29 is 5.11 Å². The van der Waals surface area contributed by atoms with E-state index in [2.05, 4.69) is 0 Å². The smallest absolute Gasteiger partial charge is 0.120 e. The highest BCUT2D eigenvalue weighted by atomic mass is 16.3. The summed E-state index contributed by atoms with van der Waals surface area (Å²) in [7, 11) is 0. The van der Waals surface area contributed by atoms with Crippen LogP contribution in [0, 0.1) is 5.41 Å². The molecule has 0 aliphatic carbocycles. The van der Waals surface area contributed by atoms with Gasteiger partial charge in [-0.1, -0.05) is 0 Å². The first-order chi connectivity index (χ1) is 2.64. The molecule has 0 rings (SSSR count). The number of nitrogens with one attached hydrogen (secondary N) is 1. The van der Waals surface area contributed by atoms with Crippen LogP contribution in [0.1, 0.15) is 6.92 Å². The standard InChI is InChI=1S/C3H8N2O/c1-2(6)3(4)5/h2,6H,1H3,(H3,4,5). The van der Waals surface area contributed by atoms with Crippen molar-refractivity contribution in [2.75, 3.05) is 0 Å². The number of aliphatic hydroxyl groups excluding tert-OH is 1. The number of hydrogen-bond donors (Lipinski definition) is 3. The van der Waals surface area contributed by atoms with Crippen molar-refractivity contribution in [3.8, 4) is 0 Å². The summed E-state index contributed by atoms with van der Waals surface area (Å²) in [6.07, 6.45) is -0.787. The Morgan fingerprint density at radius 1 is 2.00 bits per heavy atom. The molecule has 0 radical (unpaired) electrons. The third-order valence-electron chi connectivity index (χ3n) is 0.450. The molecule has 0 aliphatic rings. The summed E-state index contributed by atoms with van der Waals surface area (Å²) in [5.74, 6) is -0.185. The highest BCUT2D eigenvalue weighted by molar-refractivity contribution is 5.80. The molecular weight excluding hydrogens is 80.0 g/mol. The minimum atomic E-state index is -0.787. The Bertz CT molecular complexity index is 59.8. The van der Waals surface area contributed by atoms with Gasteiger partial charge in [-0.2, -0.15) is 0 Å². The van der Waals surface area contributed by atoms with E-state index < -0.39 is 6.10 Å². The fourth-order valence-electron chi connectivity index (χ4n) is 0. The van der Waals surface area contributed by atoms with Gasteiger partial charge < -0.3 is 10.8 Å². The molecule has 0 bridgehead atoms. The summed E-state index contributed by atoms with van der Waals surface area (Å²) in [5, 5.41) is 14.8. The number of amidine groups is 1. The van der Waals surface area contributed by atoms with Crippen LogP contribution >= 0.6 is 0 Å². The van der Waals surface area contributed by atoms with Crippen LogP contribution < -0.4 is 5.73 Å². The predicted molar refractivity (Wildman–Crippen MR) is 23.6 cm³/mol. The molecule has 0 spiro atoms. The SMILES string of the molecule is CC(O)C(=N)N. The van der Waals surface area contributed by atoms with E-state index in [1.165, 1.54) is 6.92 Å². The van der Waals surface area contributed by atoms with E-state index in [0.717, 1.165) is 0 Å². The summed E-state index contributed by atoms with van der Waals surface area (Å²) < 4.78 is 0. The largest absolute Gasteiger partial charge is 0.386 e. The summed E-state index contributed by atoms with van der Waals surface area (Å²) in [6.45, 7) is 1.45. The van der Waals surface area contributed by atoms with E-state index in [9.17, 15) is 0 Å². The highest BCUT2D eigenvalue weighted by Crippen LogP contribution is 1.71. The number of nitrogens with two attached hydrogens (primary N) is 1. The van der Waals surface area contributed by atoms with Crippen molar-refractivity contribution >= 4 is 5.84 Å². The second-order valence-corrected chi connectivity index (χ2v) is 1.13. The molecule has 0 aromatic carbocycles. The molecule has 0 aromatic rings. The van der Waals surface area contributed by atoms with Crippen molar-refractivity contribution in [1.82, 2.24) is 0 Å². The van der Waals surface area contributed by atoms with Crippen LogP contribution in [-0.2, 0) is 0 Å². The van der Waals surface area contributed by atoms with Gasteiger partial charge in [0, 0.05) is 0 Å². The zero-order valence-electron chi connectivity index (χ0n) is 3.60. The van der Waals surface area contributed by atoms with Gasteiger partial charge in [0.1, 0.15) is 11.9 Å². The summed E-state index contributed by atoms with van der Waals surface area (Å²) in [6, 6.07) is 0. The van der Waals surface area contributed by atoms with Gasteiger partial charge in [-0.3, -0.25) is 5.41 Å². The topological polar surface area (TPSA) is 70.1 Å². The number of rotatable bonds is 1. The molecule has 0 heterocycles. The third kappa shape index (κ3) is 1.72. The third-order valence-corrected chi connectivity index (χ3v) is 0.450. The highest BCUT2D eigenvalue weighted by Gasteiger charge is 1.93. The Balaban J connectivity index is 3.26. The van der Waals surface area contributed by atoms with E-state index in [4.69, 9.17) is 16.2 Å². The molecule has 0 saturated carbocycles. The molecule has 3 nitrogen and oxygen atoms in total. The van der Waals surface area contributed by atoms with Crippen LogP contribution in [0.2, 0.25) is 0 Å². The molecular formula is C3H8N2O. The van der Waals surface area contributed by atoms with Crippen LogP contribution in [0.15, 0.2) is 0 Å². The Labute approximate surface area is 36.3 Å². The van der Waals surface area contributed by atoms with Gasteiger partial charge in [-0.25, -0.2) is 0 Å². The molecule has 0 amide bonds. The fraction of sp³-hybridized carbons (Fsp3) is 0.667. The lowest BCUT2D eigenvalue weighted by Crippen LogP contribution is -2.23. The average molecular weight is 88.1 g/mol. The van der Waals surface area contributed by atoms with Crippen LogP contribution in [0.4, 0.5) is 0 Å². The maximum Gasteiger partial charge on any atom is 0.120 e. The van der Waals surface area contributed by atoms with E-state index in [1.807, 2.05) is 0 Å². The second kappa shape index (κ2) is 1.77. The average Bonchev–Trinajstić information content (AvgIpc) is 1.36. The number of aliphatic hydroxyl groups is 1. The van der Waals surface area contributed by atoms with Gasteiger partial charge in [0.25, 0.3) is 0 Å². The van der Waals surface area contributed by atoms with Gasteiger partial charge >= 0.3 is 0 Å². The second-order valence-electron chi connectivity index (χ2n) is 1.13. The zero-order valence-corrected chi connectivity index (χ0v) is 3.60. The summed E-state index contributed by atoms with van der Waals surface area (Å²) >= 11 is 0. The Kier molecular flexibility index (Phi) is 1.60. The lowest BCUT2D eigenvalue weighted by Gasteiger charge is -1.94. The molecule has 0 aliphatic heterocycles. The van der Waals surface area contributed by atoms with Crippen LogP contribution in [-0.4, -0.2) is 17.0 Å². The van der Waals surface area contributed by atoms with E-state index in [-0.39, 0.29) is 5.84 Å². The summed E-state index contributed by atoms with van der Waals surface area (Å²) in [4.78, 5) is 0. The van der Waals surface area contributed by atoms with Gasteiger partial charge in [0.15, 0.2) is 0 Å².